The number of hydrogen-bond acceptors (Lipinski definition) is 5. The van der Waals surface area contributed by atoms with E-state index in [1.807, 2.05) is 37.3 Å². The molecule has 0 radical (unpaired) electrons. The number of fused-ring (bicyclic) bond motifs is 1. The summed E-state index contributed by atoms with van der Waals surface area (Å²) in [6.45, 7) is 1.93. The molecule has 5 nitrogen and oxygen atoms in total. The molecule has 3 aromatic rings. The van der Waals surface area contributed by atoms with Gasteiger partial charge in [-0.1, -0.05) is 18.2 Å². The standard InChI is InChI=1S/C17H15N3O2/c1-11-8-15(13-4-2-3-5-14(13)19-11)20-18-10-12-6-7-16(21)17(22)9-12/h2-10,21-22H,1H3,(H,19,20)/b18-10-. The van der Waals surface area contributed by atoms with Gasteiger partial charge in [0.1, 0.15) is 0 Å². The van der Waals surface area contributed by atoms with Crippen LogP contribution < -0.4 is 5.43 Å². The van der Waals surface area contributed by atoms with Gasteiger partial charge in [-0.3, -0.25) is 10.4 Å². The molecule has 0 unspecified atom stereocenters. The number of benzene rings is 2. The number of nitrogens with one attached hydrogen (secondary N) is 1. The Morgan fingerprint density at radius 2 is 1.86 bits per heavy atom. The molecule has 0 saturated heterocycles. The van der Waals surface area contributed by atoms with E-state index >= 15 is 0 Å². The molecule has 2 aromatic carbocycles. The summed E-state index contributed by atoms with van der Waals surface area (Å²) in [5, 5.41) is 23.9. The molecule has 3 rings (SSSR count). The topological polar surface area (TPSA) is 77.7 Å². The predicted octanol–water partition coefficient (Wildman–Crippen LogP) is 3.40. The summed E-state index contributed by atoms with van der Waals surface area (Å²) in [5.41, 5.74) is 6.34. The molecule has 0 fully saturated rings. The number of aromatic hydroxyl groups is 2. The molecule has 5 heteroatoms. The average molecular weight is 293 g/mol. The summed E-state index contributed by atoms with van der Waals surface area (Å²) in [4.78, 5) is 4.47. The van der Waals surface area contributed by atoms with Crippen molar-refractivity contribution in [3.63, 3.8) is 0 Å². The molecule has 0 amide bonds. The fourth-order valence-electron chi connectivity index (χ4n) is 2.20. The number of rotatable bonds is 3. The van der Waals surface area contributed by atoms with E-state index in [0.717, 1.165) is 22.3 Å². The van der Waals surface area contributed by atoms with Gasteiger partial charge in [0.2, 0.25) is 0 Å². The maximum Gasteiger partial charge on any atom is 0.158 e. The van der Waals surface area contributed by atoms with E-state index in [2.05, 4.69) is 15.5 Å². The molecule has 0 saturated carbocycles. The second kappa shape index (κ2) is 5.73. The fraction of sp³-hybridized carbons (Fsp3) is 0.0588. The van der Waals surface area contributed by atoms with Gasteiger partial charge < -0.3 is 10.2 Å². The number of anilines is 1. The van der Waals surface area contributed by atoms with Crippen LogP contribution in [0.2, 0.25) is 0 Å². The minimum absolute atomic E-state index is 0.152. The molecule has 0 spiro atoms. The summed E-state index contributed by atoms with van der Waals surface area (Å²) in [6.07, 6.45) is 1.57. The Morgan fingerprint density at radius 3 is 2.68 bits per heavy atom. The van der Waals surface area contributed by atoms with Crippen LogP contribution in [0.15, 0.2) is 53.6 Å². The number of pyridine rings is 1. The predicted molar refractivity (Wildman–Crippen MR) is 87.5 cm³/mol. The molecule has 110 valence electrons. The first-order chi connectivity index (χ1) is 10.6. The molecular formula is C17H15N3O2. The molecule has 22 heavy (non-hydrogen) atoms. The van der Waals surface area contributed by atoms with E-state index in [0.29, 0.717) is 5.56 Å². The van der Waals surface area contributed by atoms with Crippen LogP contribution in [0.25, 0.3) is 10.9 Å². The van der Waals surface area contributed by atoms with Gasteiger partial charge in [0.25, 0.3) is 0 Å². The summed E-state index contributed by atoms with van der Waals surface area (Å²) in [7, 11) is 0. The highest BCUT2D eigenvalue weighted by atomic mass is 16.3. The van der Waals surface area contributed by atoms with E-state index in [-0.39, 0.29) is 11.5 Å². The van der Waals surface area contributed by atoms with Gasteiger partial charge in [0, 0.05) is 11.1 Å². The lowest BCUT2D eigenvalue weighted by molar-refractivity contribution is 0.403. The van der Waals surface area contributed by atoms with E-state index < -0.39 is 0 Å². The number of hydrogen-bond donors (Lipinski definition) is 3. The molecule has 0 aliphatic heterocycles. The average Bonchev–Trinajstić information content (AvgIpc) is 2.50. The Kier molecular flexibility index (Phi) is 3.62. The van der Waals surface area contributed by atoms with Gasteiger partial charge in [0.15, 0.2) is 11.5 Å². The zero-order valence-corrected chi connectivity index (χ0v) is 12.0. The van der Waals surface area contributed by atoms with E-state index in [9.17, 15) is 10.2 Å². The zero-order valence-electron chi connectivity index (χ0n) is 12.0. The van der Waals surface area contributed by atoms with Crippen molar-refractivity contribution >= 4 is 22.8 Å². The minimum Gasteiger partial charge on any atom is -0.504 e. The van der Waals surface area contributed by atoms with Gasteiger partial charge in [-0.15, -0.1) is 0 Å². The highest BCUT2D eigenvalue weighted by Crippen LogP contribution is 2.25. The van der Waals surface area contributed by atoms with Crippen LogP contribution in [0.4, 0.5) is 5.69 Å². The minimum atomic E-state index is -0.172. The van der Waals surface area contributed by atoms with Gasteiger partial charge in [-0.05, 0) is 42.8 Å². The van der Waals surface area contributed by atoms with Gasteiger partial charge in [-0.25, -0.2) is 0 Å². The number of hydrazone groups is 1. The smallest absolute Gasteiger partial charge is 0.158 e. The van der Waals surface area contributed by atoms with Gasteiger partial charge in [-0.2, -0.15) is 5.10 Å². The Morgan fingerprint density at radius 1 is 1.05 bits per heavy atom. The third-order valence-corrected chi connectivity index (χ3v) is 3.24. The second-order valence-electron chi connectivity index (χ2n) is 4.95. The van der Waals surface area contributed by atoms with Crippen molar-refractivity contribution in [2.24, 2.45) is 5.10 Å². The van der Waals surface area contributed by atoms with Crippen molar-refractivity contribution in [3.05, 3.63) is 59.8 Å². The molecule has 0 bridgehead atoms. The SMILES string of the molecule is Cc1cc(N/N=C\c2ccc(O)c(O)c2)c2ccccc2n1. The lowest BCUT2D eigenvalue weighted by Crippen LogP contribution is -1.94. The monoisotopic (exact) mass is 293 g/mol. The van der Waals surface area contributed by atoms with E-state index in [1.54, 1.807) is 12.3 Å². The van der Waals surface area contributed by atoms with Crippen molar-refractivity contribution < 1.29 is 10.2 Å². The second-order valence-corrected chi connectivity index (χ2v) is 4.95. The van der Waals surface area contributed by atoms with Crippen LogP contribution in [0.5, 0.6) is 11.5 Å². The molecule has 1 heterocycles. The third-order valence-electron chi connectivity index (χ3n) is 3.24. The maximum absolute atomic E-state index is 9.45. The van der Waals surface area contributed by atoms with E-state index in [1.165, 1.54) is 12.1 Å². The highest BCUT2D eigenvalue weighted by Gasteiger charge is 2.02. The van der Waals surface area contributed by atoms with Crippen LogP contribution in [0.1, 0.15) is 11.3 Å². The van der Waals surface area contributed by atoms with E-state index in [4.69, 9.17) is 0 Å². The Bertz CT molecular complexity index is 860. The van der Waals surface area contributed by atoms with Crippen molar-refractivity contribution in [3.8, 4) is 11.5 Å². The number of aryl methyl sites for hydroxylation is 1. The summed E-state index contributed by atoms with van der Waals surface area (Å²) >= 11 is 0. The Labute approximate surface area is 127 Å². The van der Waals surface area contributed by atoms with Crippen LogP contribution in [-0.4, -0.2) is 21.4 Å². The van der Waals surface area contributed by atoms with Gasteiger partial charge in [0.05, 0.1) is 17.4 Å². The molecule has 3 N–H and O–H groups in total. The van der Waals surface area contributed by atoms with Crippen molar-refractivity contribution in [1.82, 2.24) is 4.98 Å². The summed E-state index contributed by atoms with van der Waals surface area (Å²) in [5.74, 6) is -0.324. The third kappa shape index (κ3) is 2.83. The Hall–Kier alpha value is -3.08. The molecule has 0 aliphatic carbocycles. The van der Waals surface area contributed by atoms with Crippen LogP contribution in [-0.2, 0) is 0 Å². The molecular weight excluding hydrogens is 278 g/mol. The van der Waals surface area contributed by atoms with Crippen LogP contribution in [0.3, 0.4) is 0 Å². The first-order valence-corrected chi connectivity index (χ1v) is 6.81. The highest BCUT2D eigenvalue weighted by molar-refractivity contribution is 5.92. The first-order valence-electron chi connectivity index (χ1n) is 6.81. The molecule has 0 aliphatic rings. The molecule has 1 aromatic heterocycles. The van der Waals surface area contributed by atoms with Crippen LogP contribution in [0, 0.1) is 6.92 Å². The number of para-hydroxylation sites is 1. The zero-order chi connectivity index (χ0) is 15.5. The van der Waals surface area contributed by atoms with Crippen LogP contribution >= 0.6 is 0 Å². The first kappa shape index (κ1) is 13.9. The quantitative estimate of drug-likeness (QED) is 0.393. The normalized spacial score (nSPS) is 11.1. The number of phenols is 2. The Balaban J connectivity index is 1.87. The van der Waals surface area contributed by atoms with Gasteiger partial charge >= 0.3 is 0 Å². The maximum atomic E-state index is 9.45. The van der Waals surface area contributed by atoms with Crippen molar-refractivity contribution in [2.75, 3.05) is 5.43 Å². The number of phenolic OH excluding ortho intramolecular Hbond substituents is 2. The fourth-order valence-corrected chi connectivity index (χ4v) is 2.20. The van der Waals surface area contributed by atoms with Crippen molar-refractivity contribution in [1.29, 1.82) is 0 Å². The largest absolute Gasteiger partial charge is 0.504 e. The lowest BCUT2D eigenvalue weighted by Gasteiger charge is -2.06. The lowest BCUT2D eigenvalue weighted by atomic mass is 10.1. The summed E-state index contributed by atoms with van der Waals surface area (Å²) in [6, 6.07) is 14.3. The molecule has 0 atom stereocenters. The van der Waals surface area contributed by atoms with Crippen molar-refractivity contribution in [2.45, 2.75) is 6.92 Å². The number of aromatic nitrogens is 1. The number of nitrogens with zero attached hydrogens (tertiary/aromatic N) is 2. The summed E-state index contributed by atoms with van der Waals surface area (Å²) < 4.78 is 0.